The second-order valence-electron chi connectivity index (χ2n) is 7.37. The maximum atomic E-state index is 12.7. The molecule has 164 valence electrons. The third kappa shape index (κ3) is 4.31. The van der Waals surface area contributed by atoms with Crippen molar-refractivity contribution in [3.05, 3.63) is 83.6 Å². The second-order valence-corrected chi connectivity index (χ2v) is 9.05. The quantitative estimate of drug-likeness (QED) is 0.425. The summed E-state index contributed by atoms with van der Waals surface area (Å²) in [6.45, 7) is 3.88. The van der Waals surface area contributed by atoms with Gasteiger partial charge in [0, 0.05) is 16.8 Å². The van der Waals surface area contributed by atoms with Gasteiger partial charge < -0.3 is 14.5 Å². The summed E-state index contributed by atoms with van der Waals surface area (Å²) in [7, 11) is -2.23. The number of methoxy groups -OCH3 is 1. The highest BCUT2D eigenvalue weighted by atomic mass is 32.2. The summed E-state index contributed by atoms with van der Waals surface area (Å²) in [6.07, 6.45) is 0. The van der Waals surface area contributed by atoms with E-state index in [1.807, 2.05) is 32.0 Å². The van der Waals surface area contributed by atoms with Crippen LogP contribution in [0.25, 0.3) is 11.0 Å². The van der Waals surface area contributed by atoms with Crippen LogP contribution >= 0.6 is 0 Å². The molecule has 0 radical (unpaired) electrons. The highest BCUT2D eigenvalue weighted by Crippen LogP contribution is 2.29. The fourth-order valence-corrected chi connectivity index (χ4v) is 4.29. The number of nitrogens with one attached hydrogen (secondary N) is 2. The molecular formula is C24H22N2O5S. The molecule has 0 saturated heterocycles. The van der Waals surface area contributed by atoms with Crippen molar-refractivity contribution in [3.8, 4) is 5.75 Å². The van der Waals surface area contributed by atoms with Gasteiger partial charge in [0.2, 0.25) is 0 Å². The Morgan fingerprint density at radius 1 is 0.906 bits per heavy atom. The molecule has 8 heteroatoms. The van der Waals surface area contributed by atoms with Crippen LogP contribution in [0.2, 0.25) is 0 Å². The number of furan rings is 1. The number of aryl methyl sites for hydroxylation is 2. The lowest BCUT2D eigenvalue weighted by atomic mass is 10.1. The van der Waals surface area contributed by atoms with Crippen molar-refractivity contribution in [2.45, 2.75) is 18.7 Å². The predicted molar refractivity (Wildman–Crippen MR) is 124 cm³/mol. The number of anilines is 2. The largest absolute Gasteiger partial charge is 0.493 e. The highest BCUT2D eigenvalue weighted by Gasteiger charge is 2.17. The SMILES string of the molecule is COc1cccc2cc(C(=O)Nc3ccc(S(=O)(=O)Nc4ccc(C)c(C)c4)cc3)oc12. The maximum absolute atomic E-state index is 12.7. The summed E-state index contributed by atoms with van der Waals surface area (Å²) < 4.78 is 38.8. The van der Waals surface area contributed by atoms with Crippen molar-refractivity contribution >= 4 is 38.3 Å². The Bertz CT molecular complexity index is 1410. The summed E-state index contributed by atoms with van der Waals surface area (Å²) in [5.41, 5.74) is 3.49. The van der Waals surface area contributed by atoms with Crippen LogP contribution in [0.4, 0.5) is 11.4 Å². The number of ether oxygens (including phenoxy) is 1. The molecule has 0 saturated carbocycles. The molecule has 2 N–H and O–H groups in total. The normalized spacial score (nSPS) is 11.3. The molecule has 0 unspecified atom stereocenters. The topological polar surface area (TPSA) is 97.6 Å². The molecule has 0 atom stereocenters. The van der Waals surface area contributed by atoms with E-state index in [9.17, 15) is 13.2 Å². The van der Waals surface area contributed by atoms with Crippen LogP contribution in [-0.2, 0) is 10.0 Å². The number of hydrogen-bond donors (Lipinski definition) is 2. The number of sulfonamides is 1. The Labute approximate surface area is 186 Å². The molecule has 0 fully saturated rings. The molecule has 3 aromatic carbocycles. The zero-order chi connectivity index (χ0) is 22.9. The maximum Gasteiger partial charge on any atom is 0.291 e. The van der Waals surface area contributed by atoms with Gasteiger partial charge in [-0.05, 0) is 73.5 Å². The van der Waals surface area contributed by atoms with E-state index in [1.54, 1.807) is 24.3 Å². The molecule has 4 rings (SSSR count). The van der Waals surface area contributed by atoms with Crippen molar-refractivity contribution in [2.24, 2.45) is 0 Å². The minimum Gasteiger partial charge on any atom is -0.493 e. The van der Waals surface area contributed by atoms with Gasteiger partial charge in [0.05, 0.1) is 12.0 Å². The van der Waals surface area contributed by atoms with E-state index in [0.717, 1.165) is 16.5 Å². The fourth-order valence-electron chi connectivity index (χ4n) is 3.24. The van der Waals surface area contributed by atoms with E-state index in [2.05, 4.69) is 10.0 Å². The van der Waals surface area contributed by atoms with Crippen LogP contribution in [0.3, 0.4) is 0 Å². The number of hydrogen-bond acceptors (Lipinski definition) is 5. The van der Waals surface area contributed by atoms with E-state index in [-0.39, 0.29) is 10.7 Å². The minimum atomic E-state index is -3.76. The van der Waals surface area contributed by atoms with Gasteiger partial charge in [0.25, 0.3) is 15.9 Å². The number of benzene rings is 3. The standard InChI is InChI=1S/C24H22N2O5S/c1-15-7-8-19(13-16(15)2)26-32(28,29)20-11-9-18(10-12-20)25-24(27)22-14-17-5-4-6-21(30-3)23(17)31-22/h4-14,26H,1-3H3,(H,25,27). The summed E-state index contributed by atoms with van der Waals surface area (Å²) in [6, 6.07) is 18.3. The number of para-hydroxylation sites is 1. The lowest BCUT2D eigenvalue weighted by Crippen LogP contribution is -2.14. The van der Waals surface area contributed by atoms with Crippen LogP contribution in [0.5, 0.6) is 5.75 Å². The molecule has 32 heavy (non-hydrogen) atoms. The Morgan fingerprint density at radius 3 is 2.31 bits per heavy atom. The molecule has 0 aliphatic carbocycles. The van der Waals surface area contributed by atoms with E-state index in [1.165, 1.54) is 31.4 Å². The summed E-state index contributed by atoms with van der Waals surface area (Å²) >= 11 is 0. The smallest absolute Gasteiger partial charge is 0.291 e. The van der Waals surface area contributed by atoms with Crippen LogP contribution in [0, 0.1) is 13.8 Å². The first-order chi connectivity index (χ1) is 15.3. The van der Waals surface area contributed by atoms with Crippen molar-refractivity contribution in [2.75, 3.05) is 17.1 Å². The van der Waals surface area contributed by atoms with Crippen molar-refractivity contribution in [1.82, 2.24) is 0 Å². The first-order valence-corrected chi connectivity index (χ1v) is 11.3. The van der Waals surface area contributed by atoms with Gasteiger partial charge in [-0.15, -0.1) is 0 Å². The van der Waals surface area contributed by atoms with Crippen LogP contribution in [0.15, 0.2) is 76.0 Å². The van der Waals surface area contributed by atoms with Crippen LogP contribution in [0.1, 0.15) is 21.7 Å². The zero-order valence-electron chi connectivity index (χ0n) is 17.8. The average Bonchev–Trinajstić information content (AvgIpc) is 3.21. The third-order valence-corrected chi connectivity index (χ3v) is 6.53. The summed E-state index contributed by atoms with van der Waals surface area (Å²) in [4.78, 5) is 12.7. The van der Waals surface area contributed by atoms with Gasteiger partial charge >= 0.3 is 0 Å². The molecular weight excluding hydrogens is 428 g/mol. The molecule has 1 aromatic heterocycles. The molecule has 1 heterocycles. The summed E-state index contributed by atoms with van der Waals surface area (Å²) in [5.74, 6) is 0.206. The number of fused-ring (bicyclic) bond motifs is 1. The van der Waals surface area contributed by atoms with E-state index in [4.69, 9.17) is 9.15 Å². The van der Waals surface area contributed by atoms with Crippen LogP contribution in [-0.4, -0.2) is 21.4 Å². The zero-order valence-corrected chi connectivity index (χ0v) is 18.6. The van der Waals surface area contributed by atoms with Gasteiger partial charge in [-0.1, -0.05) is 18.2 Å². The molecule has 0 aliphatic heterocycles. The number of amides is 1. The van der Waals surface area contributed by atoms with Crippen molar-refractivity contribution in [3.63, 3.8) is 0 Å². The van der Waals surface area contributed by atoms with Crippen LogP contribution < -0.4 is 14.8 Å². The number of carbonyl (C=O) groups is 1. The van der Waals surface area contributed by atoms with E-state index >= 15 is 0 Å². The predicted octanol–water partition coefficient (Wildman–Crippen LogP) is 5.11. The van der Waals surface area contributed by atoms with E-state index < -0.39 is 15.9 Å². The highest BCUT2D eigenvalue weighted by molar-refractivity contribution is 7.92. The number of rotatable bonds is 6. The molecule has 0 spiro atoms. The molecule has 0 bridgehead atoms. The first kappa shape index (κ1) is 21.5. The number of carbonyl (C=O) groups excluding carboxylic acids is 1. The molecule has 0 aliphatic rings. The van der Waals surface area contributed by atoms with Gasteiger partial charge in [0.1, 0.15) is 0 Å². The van der Waals surface area contributed by atoms with Gasteiger partial charge in [0.15, 0.2) is 17.1 Å². The lowest BCUT2D eigenvalue weighted by Gasteiger charge is -2.10. The Balaban J connectivity index is 1.49. The van der Waals surface area contributed by atoms with Gasteiger partial charge in [-0.25, -0.2) is 8.42 Å². The first-order valence-electron chi connectivity index (χ1n) is 9.85. The Hall–Kier alpha value is -3.78. The van der Waals surface area contributed by atoms with Crippen molar-refractivity contribution < 1.29 is 22.4 Å². The second kappa shape index (κ2) is 8.39. The molecule has 1 amide bonds. The monoisotopic (exact) mass is 450 g/mol. The average molecular weight is 451 g/mol. The lowest BCUT2D eigenvalue weighted by molar-refractivity contribution is 0.0998. The molecule has 4 aromatic rings. The van der Waals surface area contributed by atoms with Crippen molar-refractivity contribution in [1.29, 1.82) is 0 Å². The minimum absolute atomic E-state index is 0.0854. The summed E-state index contributed by atoms with van der Waals surface area (Å²) in [5, 5.41) is 3.45. The fraction of sp³-hybridized carbons (Fsp3) is 0.125. The Morgan fingerprint density at radius 2 is 1.62 bits per heavy atom. The van der Waals surface area contributed by atoms with Gasteiger partial charge in [-0.2, -0.15) is 0 Å². The Kier molecular flexibility index (Phi) is 5.63. The van der Waals surface area contributed by atoms with Gasteiger partial charge in [-0.3, -0.25) is 9.52 Å². The third-order valence-electron chi connectivity index (χ3n) is 5.13. The molecule has 7 nitrogen and oxygen atoms in total. The van der Waals surface area contributed by atoms with E-state index in [0.29, 0.717) is 22.7 Å².